The Balaban J connectivity index is 2.35. The van der Waals surface area contributed by atoms with Crippen LogP contribution in [0.2, 0.25) is 0 Å². The smallest absolute Gasteiger partial charge is 0.354 e. The maximum atomic E-state index is 11.1. The molecule has 1 fully saturated rings. The molecule has 16 heavy (non-hydrogen) atoms. The van der Waals surface area contributed by atoms with Gasteiger partial charge in [0, 0.05) is 0 Å². The Morgan fingerprint density at radius 1 is 1.50 bits per heavy atom. The van der Waals surface area contributed by atoms with E-state index < -0.39 is 11.9 Å². The van der Waals surface area contributed by atoms with Gasteiger partial charge in [0.05, 0.1) is 17.9 Å². The van der Waals surface area contributed by atoms with Crippen LogP contribution in [0.4, 0.5) is 0 Å². The molecule has 3 N–H and O–H groups in total. The second-order valence-corrected chi connectivity index (χ2v) is 3.55. The minimum absolute atomic E-state index is 0.0549. The summed E-state index contributed by atoms with van der Waals surface area (Å²) >= 11 is 0. The van der Waals surface area contributed by atoms with Crippen LogP contribution in [-0.4, -0.2) is 28.1 Å². The van der Waals surface area contributed by atoms with Gasteiger partial charge in [0.2, 0.25) is 0 Å². The van der Waals surface area contributed by atoms with Crippen LogP contribution in [0, 0.1) is 0 Å². The number of hydrogen-bond acceptors (Lipinski definition) is 4. The van der Waals surface area contributed by atoms with E-state index in [1.165, 1.54) is 6.20 Å². The zero-order valence-electron chi connectivity index (χ0n) is 8.34. The van der Waals surface area contributed by atoms with E-state index in [-0.39, 0.29) is 23.1 Å². The highest BCUT2D eigenvalue weighted by Gasteiger charge is 2.26. The van der Waals surface area contributed by atoms with Gasteiger partial charge in [-0.3, -0.25) is 4.79 Å². The molecule has 1 aromatic heterocycles. The molecule has 0 spiro atoms. The van der Waals surface area contributed by atoms with Crippen molar-refractivity contribution in [1.82, 2.24) is 4.98 Å². The monoisotopic (exact) mass is 222 g/mol. The maximum Gasteiger partial charge on any atom is 0.354 e. The molecule has 1 aliphatic rings. The zero-order valence-corrected chi connectivity index (χ0v) is 8.34. The van der Waals surface area contributed by atoms with Crippen molar-refractivity contribution in [3.8, 4) is 5.75 Å². The minimum atomic E-state index is -1.21. The molecule has 6 nitrogen and oxygen atoms in total. The van der Waals surface area contributed by atoms with Crippen LogP contribution in [0.1, 0.15) is 33.7 Å². The van der Waals surface area contributed by atoms with E-state index in [0.29, 0.717) is 0 Å². The summed E-state index contributed by atoms with van der Waals surface area (Å²) in [5.74, 6) is -1.68. The number of primary amides is 1. The number of carboxylic acids is 1. The van der Waals surface area contributed by atoms with Crippen LogP contribution in [0.25, 0.3) is 0 Å². The summed E-state index contributed by atoms with van der Waals surface area (Å²) in [6.07, 6.45) is 3.18. The number of ether oxygens (including phenoxy) is 1. The molecule has 6 heteroatoms. The van der Waals surface area contributed by atoms with Gasteiger partial charge < -0.3 is 15.6 Å². The summed E-state index contributed by atoms with van der Waals surface area (Å²) in [5.41, 5.74) is 4.97. The molecule has 1 heterocycles. The lowest BCUT2D eigenvalue weighted by Gasteiger charge is -2.08. The van der Waals surface area contributed by atoms with Crippen molar-refractivity contribution in [1.29, 1.82) is 0 Å². The van der Waals surface area contributed by atoms with E-state index in [4.69, 9.17) is 15.6 Å². The largest absolute Gasteiger partial charge is 0.488 e. The fourth-order valence-corrected chi connectivity index (χ4v) is 1.21. The molecule has 0 radical (unpaired) electrons. The van der Waals surface area contributed by atoms with E-state index in [2.05, 4.69) is 4.98 Å². The number of carboxylic acid groups (broad SMARTS) is 1. The van der Waals surface area contributed by atoms with Crippen molar-refractivity contribution in [3.63, 3.8) is 0 Å². The highest BCUT2D eigenvalue weighted by Crippen LogP contribution is 2.28. The first kappa shape index (κ1) is 10.4. The first-order chi connectivity index (χ1) is 7.58. The van der Waals surface area contributed by atoms with Gasteiger partial charge in [-0.15, -0.1) is 0 Å². The van der Waals surface area contributed by atoms with E-state index in [0.717, 1.165) is 18.9 Å². The first-order valence-electron chi connectivity index (χ1n) is 4.77. The van der Waals surface area contributed by atoms with Crippen molar-refractivity contribution >= 4 is 11.9 Å². The lowest BCUT2D eigenvalue weighted by Crippen LogP contribution is -2.15. The molecule has 1 amide bonds. The van der Waals surface area contributed by atoms with E-state index in [1.807, 2.05) is 0 Å². The molecule has 2 rings (SSSR count). The van der Waals surface area contributed by atoms with Gasteiger partial charge in [-0.05, 0) is 18.9 Å². The maximum absolute atomic E-state index is 11.1. The molecule has 0 aromatic carbocycles. The van der Waals surface area contributed by atoms with Crippen molar-refractivity contribution in [2.75, 3.05) is 0 Å². The number of amides is 1. The van der Waals surface area contributed by atoms with Gasteiger partial charge >= 0.3 is 5.97 Å². The van der Waals surface area contributed by atoms with Crippen LogP contribution in [0.5, 0.6) is 5.75 Å². The topological polar surface area (TPSA) is 103 Å². The quantitative estimate of drug-likeness (QED) is 0.768. The van der Waals surface area contributed by atoms with Gasteiger partial charge in [0.15, 0.2) is 5.75 Å². The normalized spacial score (nSPS) is 14.5. The van der Waals surface area contributed by atoms with Gasteiger partial charge in [0.1, 0.15) is 5.69 Å². The zero-order chi connectivity index (χ0) is 11.7. The third-order valence-electron chi connectivity index (χ3n) is 2.17. The Labute approximate surface area is 91.0 Å². The summed E-state index contributed by atoms with van der Waals surface area (Å²) in [6, 6.07) is 1.13. The predicted octanol–water partition coefficient (Wildman–Crippen LogP) is 0.420. The fraction of sp³-hybridized carbons (Fsp3) is 0.300. The molecule has 1 aliphatic carbocycles. The number of nitrogens with two attached hydrogens (primary N) is 1. The van der Waals surface area contributed by atoms with Crippen molar-refractivity contribution in [3.05, 3.63) is 23.5 Å². The van der Waals surface area contributed by atoms with Crippen LogP contribution in [0.3, 0.4) is 0 Å². The lowest BCUT2D eigenvalue weighted by atomic mass is 10.2. The van der Waals surface area contributed by atoms with Crippen LogP contribution in [-0.2, 0) is 0 Å². The Morgan fingerprint density at radius 3 is 2.69 bits per heavy atom. The molecule has 0 saturated heterocycles. The summed E-state index contributed by atoms with van der Waals surface area (Å²) in [6.45, 7) is 0. The average molecular weight is 222 g/mol. The SMILES string of the molecule is NC(=O)c1cc(C(=O)O)ncc1OC1CC1. The van der Waals surface area contributed by atoms with E-state index >= 15 is 0 Å². The fourth-order valence-electron chi connectivity index (χ4n) is 1.21. The second kappa shape index (κ2) is 3.80. The van der Waals surface area contributed by atoms with Crippen LogP contribution >= 0.6 is 0 Å². The van der Waals surface area contributed by atoms with Gasteiger partial charge in [-0.25, -0.2) is 9.78 Å². The number of rotatable bonds is 4. The molecule has 84 valence electrons. The lowest BCUT2D eigenvalue weighted by molar-refractivity contribution is 0.0690. The average Bonchev–Trinajstić information content (AvgIpc) is 3.01. The Kier molecular flexibility index (Phi) is 2.47. The summed E-state index contributed by atoms with van der Waals surface area (Å²) in [7, 11) is 0. The third-order valence-corrected chi connectivity index (χ3v) is 2.17. The number of hydrogen-bond donors (Lipinski definition) is 2. The van der Waals surface area contributed by atoms with E-state index in [1.54, 1.807) is 0 Å². The van der Waals surface area contributed by atoms with E-state index in [9.17, 15) is 9.59 Å². The molecule has 1 saturated carbocycles. The molecule has 0 atom stereocenters. The highest BCUT2D eigenvalue weighted by atomic mass is 16.5. The summed E-state index contributed by atoms with van der Waals surface area (Å²) in [5, 5.41) is 8.72. The highest BCUT2D eigenvalue weighted by molar-refractivity contribution is 5.98. The number of carbonyl (C=O) groups excluding carboxylic acids is 1. The number of nitrogens with zero attached hydrogens (tertiary/aromatic N) is 1. The summed E-state index contributed by atoms with van der Waals surface area (Å²) in [4.78, 5) is 25.5. The van der Waals surface area contributed by atoms with Crippen LogP contribution < -0.4 is 10.5 Å². The van der Waals surface area contributed by atoms with Crippen LogP contribution in [0.15, 0.2) is 12.3 Å². The first-order valence-corrected chi connectivity index (χ1v) is 4.77. The Morgan fingerprint density at radius 2 is 2.19 bits per heavy atom. The summed E-state index contributed by atoms with van der Waals surface area (Å²) < 4.78 is 5.40. The second-order valence-electron chi connectivity index (χ2n) is 3.55. The number of carbonyl (C=O) groups is 2. The van der Waals surface area contributed by atoms with Gasteiger partial charge in [-0.1, -0.05) is 0 Å². The number of aromatic nitrogens is 1. The number of aromatic carboxylic acids is 1. The minimum Gasteiger partial charge on any atom is -0.488 e. The molecule has 1 aromatic rings. The van der Waals surface area contributed by atoms with Gasteiger partial charge in [-0.2, -0.15) is 0 Å². The van der Waals surface area contributed by atoms with Gasteiger partial charge in [0.25, 0.3) is 5.91 Å². The molecular weight excluding hydrogens is 212 g/mol. The predicted molar refractivity (Wildman–Crippen MR) is 53.4 cm³/mol. The van der Waals surface area contributed by atoms with Crippen molar-refractivity contribution in [2.24, 2.45) is 5.73 Å². The Bertz CT molecular complexity index is 454. The molecule has 0 bridgehead atoms. The molecular formula is C10H10N2O4. The van der Waals surface area contributed by atoms with Crippen molar-refractivity contribution < 1.29 is 19.4 Å². The standard InChI is InChI=1S/C10H10N2O4/c11-9(13)6-3-7(10(14)15)12-4-8(6)16-5-1-2-5/h3-5H,1-2H2,(H2,11,13)(H,14,15). The van der Waals surface area contributed by atoms with Crippen molar-refractivity contribution in [2.45, 2.75) is 18.9 Å². The Hall–Kier alpha value is -2.11. The molecule has 0 aliphatic heterocycles. The third kappa shape index (κ3) is 2.10. The molecule has 0 unspecified atom stereocenters. The number of pyridine rings is 1.